The Balaban J connectivity index is 2.19. The second-order valence-electron chi connectivity index (χ2n) is 5.30. The van der Waals surface area contributed by atoms with Gasteiger partial charge in [0.05, 0.1) is 5.41 Å². The van der Waals surface area contributed by atoms with Crippen LogP contribution in [-0.4, -0.2) is 21.0 Å². The first-order valence-corrected chi connectivity index (χ1v) is 6.65. The van der Waals surface area contributed by atoms with Gasteiger partial charge in [-0.1, -0.05) is 26.2 Å². The van der Waals surface area contributed by atoms with Crippen molar-refractivity contribution in [3.05, 3.63) is 24.3 Å². The molecule has 1 aromatic rings. The number of hydrogen-bond acceptors (Lipinski definition) is 3. The second kappa shape index (κ2) is 5.46. The van der Waals surface area contributed by atoms with Crippen LogP contribution < -0.4 is 0 Å². The Morgan fingerprint density at radius 2 is 2.22 bits per heavy atom. The second-order valence-corrected chi connectivity index (χ2v) is 5.30. The molecule has 1 aliphatic carbocycles. The van der Waals surface area contributed by atoms with Gasteiger partial charge in [0, 0.05) is 18.8 Å². The Labute approximate surface area is 107 Å². The van der Waals surface area contributed by atoms with Crippen LogP contribution >= 0.6 is 0 Å². The number of carboxylic acids is 1. The van der Waals surface area contributed by atoms with E-state index < -0.39 is 11.4 Å². The fraction of sp³-hybridized carbons (Fsp3) is 0.643. The van der Waals surface area contributed by atoms with E-state index in [1.165, 1.54) is 0 Å². The molecule has 18 heavy (non-hydrogen) atoms. The van der Waals surface area contributed by atoms with Crippen LogP contribution in [0, 0.1) is 11.3 Å². The summed E-state index contributed by atoms with van der Waals surface area (Å²) in [7, 11) is 0. The predicted octanol–water partition coefficient (Wildman–Crippen LogP) is 2.69. The summed E-state index contributed by atoms with van der Waals surface area (Å²) >= 11 is 0. The molecule has 0 saturated heterocycles. The predicted molar refractivity (Wildman–Crippen MR) is 68.1 cm³/mol. The maximum atomic E-state index is 11.7. The van der Waals surface area contributed by atoms with Gasteiger partial charge in [0.25, 0.3) is 0 Å². The highest BCUT2D eigenvalue weighted by atomic mass is 16.4. The maximum Gasteiger partial charge on any atom is 0.310 e. The van der Waals surface area contributed by atoms with Crippen LogP contribution in [0.15, 0.2) is 18.5 Å². The minimum atomic E-state index is -0.687. The van der Waals surface area contributed by atoms with Crippen molar-refractivity contribution in [2.45, 2.75) is 45.4 Å². The molecule has 1 fully saturated rings. The van der Waals surface area contributed by atoms with Crippen LogP contribution in [0.1, 0.15) is 44.9 Å². The number of hydrogen-bond donors (Lipinski definition) is 1. The molecule has 0 bridgehead atoms. The van der Waals surface area contributed by atoms with Crippen LogP contribution in [0.5, 0.6) is 0 Å². The molecule has 0 amide bonds. The van der Waals surface area contributed by atoms with Crippen molar-refractivity contribution < 1.29 is 9.90 Å². The summed E-state index contributed by atoms with van der Waals surface area (Å²) in [6, 6.07) is 1.76. The van der Waals surface area contributed by atoms with E-state index in [0.717, 1.165) is 32.1 Å². The number of nitrogens with zero attached hydrogens (tertiary/aromatic N) is 2. The van der Waals surface area contributed by atoms with Crippen molar-refractivity contribution >= 4 is 5.97 Å². The van der Waals surface area contributed by atoms with Crippen LogP contribution in [0.3, 0.4) is 0 Å². The molecule has 0 aliphatic heterocycles. The van der Waals surface area contributed by atoms with E-state index in [1.54, 1.807) is 18.5 Å². The fourth-order valence-electron chi connectivity index (χ4n) is 2.99. The normalized spacial score (nSPS) is 27.9. The average molecular weight is 248 g/mol. The first-order chi connectivity index (χ1) is 8.66. The smallest absolute Gasteiger partial charge is 0.310 e. The summed E-state index contributed by atoms with van der Waals surface area (Å²) in [5.41, 5.74) is -0.652. The van der Waals surface area contributed by atoms with Crippen molar-refractivity contribution in [1.82, 2.24) is 9.97 Å². The third kappa shape index (κ3) is 2.68. The number of carboxylic acid groups (broad SMARTS) is 1. The molecule has 1 aromatic heterocycles. The molecule has 1 saturated carbocycles. The zero-order valence-electron chi connectivity index (χ0n) is 10.8. The number of rotatable bonds is 4. The van der Waals surface area contributed by atoms with Crippen molar-refractivity contribution in [2.75, 3.05) is 0 Å². The minimum Gasteiger partial charge on any atom is -0.481 e. The molecule has 4 nitrogen and oxygen atoms in total. The SMILES string of the molecule is CCC1CCCC(Cc2ncccn2)(C(=O)O)C1. The molecule has 1 N–H and O–H groups in total. The summed E-state index contributed by atoms with van der Waals surface area (Å²) in [5, 5.41) is 9.61. The van der Waals surface area contributed by atoms with Gasteiger partial charge in [0.15, 0.2) is 0 Å². The Bertz CT molecular complexity index is 408. The first kappa shape index (κ1) is 13.0. The van der Waals surface area contributed by atoms with E-state index in [2.05, 4.69) is 16.9 Å². The average Bonchev–Trinajstić information content (AvgIpc) is 2.40. The van der Waals surface area contributed by atoms with Gasteiger partial charge in [-0.15, -0.1) is 0 Å². The van der Waals surface area contributed by atoms with Crippen LogP contribution in [0.4, 0.5) is 0 Å². The molecule has 2 unspecified atom stereocenters. The molecule has 98 valence electrons. The lowest BCUT2D eigenvalue weighted by Gasteiger charge is -2.37. The summed E-state index contributed by atoms with van der Waals surface area (Å²) in [6.07, 6.45) is 8.54. The summed E-state index contributed by atoms with van der Waals surface area (Å²) < 4.78 is 0. The zero-order valence-corrected chi connectivity index (χ0v) is 10.8. The standard InChI is InChI=1S/C14H20N2O2/c1-2-11-5-3-6-14(9-11,13(17)18)10-12-15-7-4-8-16-12/h4,7-8,11H,2-3,5-6,9-10H2,1H3,(H,17,18). The maximum absolute atomic E-state index is 11.7. The number of aromatic nitrogens is 2. The molecular weight excluding hydrogens is 228 g/mol. The van der Waals surface area contributed by atoms with Crippen LogP contribution in [0.2, 0.25) is 0 Å². The first-order valence-electron chi connectivity index (χ1n) is 6.65. The lowest BCUT2D eigenvalue weighted by atomic mass is 9.67. The molecule has 2 atom stereocenters. The van der Waals surface area contributed by atoms with Gasteiger partial charge in [-0.2, -0.15) is 0 Å². The summed E-state index contributed by atoms with van der Waals surface area (Å²) in [5.74, 6) is 0.489. The Morgan fingerprint density at radius 1 is 1.50 bits per heavy atom. The highest BCUT2D eigenvalue weighted by molar-refractivity contribution is 5.75. The highest BCUT2D eigenvalue weighted by Gasteiger charge is 2.43. The number of aliphatic carboxylic acids is 1. The Morgan fingerprint density at radius 3 is 2.83 bits per heavy atom. The van der Waals surface area contributed by atoms with E-state index in [-0.39, 0.29) is 0 Å². The van der Waals surface area contributed by atoms with Crippen LogP contribution in [-0.2, 0) is 11.2 Å². The molecule has 0 aromatic carbocycles. The minimum absolute atomic E-state index is 0.458. The van der Waals surface area contributed by atoms with Gasteiger partial charge in [0.1, 0.15) is 5.82 Å². The molecule has 1 heterocycles. The van der Waals surface area contributed by atoms with Gasteiger partial charge in [-0.3, -0.25) is 4.79 Å². The van der Waals surface area contributed by atoms with Crippen molar-refractivity contribution in [1.29, 1.82) is 0 Å². The fourth-order valence-corrected chi connectivity index (χ4v) is 2.99. The molecule has 1 aliphatic rings. The third-order valence-electron chi connectivity index (χ3n) is 4.09. The van der Waals surface area contributed by atoms with E-state index in [1.807, 2.05) is 0 Å². The van der Waals surface area contributed by atoms with E-state index in [4.69, 9.17) is 0 Å². The van der Waals surface area contributed by atoms with Crippen LogP contribution in [0.25, 0.3) is 0 Å². The summed E-state index contributed by atoms with van der Waals surface area (Å²) in [6.45, 7) is 2.14. The van der Waals surface area contributed by atoms with Crippen molar-refractivity contribution in [3.63, 3.8) is 0 Å². The van der Waals surface area contributed by atoms with E-state index in [0.29, 0.717) is 18.2 Å². The lowest BCUT2D eigenvalue weighted by molar-refractivity contribution is -0.152. The van der Waals surface area contributed by atoms with Gasteiger partial charge in [0.2, 0.25) is 0 Å². The van der Waals surface area contributed by atoms with Crippen molar-refractivity contribution in [3.8, 4) is 0 Å². The van der Waals surface area contributed by atoms with Gasteiger partial charge in [-0.25, -0.2) is 9.97 Å². The topological polar surface area (TPSA) is 63.1 Å². The molecule has 0 spiro atoms. The molecule has 0 radical (unpaired) electrons. The van der Waals surface area contributed by atoms with E-state index >= 15 is 0 Å². The highest BCUT2D eigenvalue weighted by Crippen LogP contribution is 2.42. The number of carbonyl (C=O) groups is 1. The largest absolute Gasteiger partial charge is 0.481 e. The molecule has 2 rings (SSSR count). The Kier molecular flexibility index (Phi) is 3.94. The van der Waals surface area contributed by atoms with Gasteiger partial charge < -0.3 is 5.11 Å². The third-order valence-corrected chi connectivity index (χ3v) is 4.09. The lowest BCUT2D eigenvalue weighted by Crippen LogP contribution is -2.38. The Hall–Kier alpha value is -1.45. The molecular formula is C14H20N2O2. The van der Waals surface area contributed by atoms with E-state index in [9.17, 15) is 9.90 Å². The quantitative estimate of drug-likeness (QED) is 0.889. The van der Waals surface area contributed by atoms with Crippen molar-refractivity contribution in [2.24, 2.45) is 11.3 Å². The van der Waals surface area contributed by atoms with Gasteiger partial charge in [-0.05, 0) is 24.8 Å². The molecule has 4 heteroatoms. The summed E-state index contributed by atoms with van der Waals surface area (Å²) in [4.78, 5) is 20.0. The zero-order chi connectivity index (χ0) is 13.0. The van der Waals surface area contributed by atoms with Gasteiger partial charge >= 0.3 is 5.97 Å². The monoisotopic (exact) mass is 248 g/mol.